The Balaban J connectivity index is 1.38. The summed E-state index contributed by atoms with van der Waals surface area (Å²) in [5.74, 6) is 1.88. The molecule has 0 saturated carbocycles. The number of pyridine rings is 1. The first-order valence-corrected chi connectivity index (χ1v) is 13.9. The Labute approximate surface area is 237 Å². The van der Waals surface area contributed by atoms with E-state index < -0.39 is 0 Å². The molecule has 0 spiro atoms. The number of aromatic amines is 1. The number of fused-ring (bicyclic) bond motifs is 1. The van der Waals surface area contributed by atoms with Crippen LogP contribution in [-0.4, -0.2) is 41.4 Å². The summed E-state index contributed by atoms with van der Waals surface area (Å²) in [4.78, 5) is 42.5. The van der Waals surface area contributed by atoms with E-state index in [0.717, 1.165) is 22.3 Å². The zero-order valence-corrected chi connectivity index (χ0v) is 22.6. The highest BCUT2D eigenvalue weighted by molar-refractivity contribution is 5.93. The number of benzene rings is 3. The van der Waals surface area contributed by atoms with E-state index in [4.69, 9.17) is 9.47 Å². The van der Waals surface area contributed by atoms with Gasteiger partial charge in [-0.3, -0.25) is 14.4 Å². The molecule has 0 saturated heterocycles. The Bertz CT molecular complexity index is 1630. The average Bonchev–Trinajstić information content (AvgIpc) is 2.99. The summed E-state index contributed by atoms with van der Waals surface area (Å²) in [5, 5.41) is 2.96. The molecule has 8 bridgehead atoms. The Morgan fingerprint density at radius 1 is 0.829 bits per heavy atom. The van der Waals surface area contributed by atoms with E-state index in [-0.39, 0.29) is 29.1 Å². The number of nitrogens with one attached hydrogen (secondary N) is 2. The molecule has 1 unspecified atom stereocenters. The lowest BCUT2D eigenvalue weighted by Gasteiger charge is -2.38. The van der Waals surface area contributed by atoms with Gasteiger partial charge in [-0.2, -0.15) is 0 Å². The molecule has 3 aromatic carbocycles. The number of hydrogen-bond donors (Lipinski definition) is 2. The molecule has 5 heterocycles. The van der Waals surface area contributed by atoms with Crippen molar-refractivity contribution in [1.82, 2.24) is 15.2 Å². The van der Waals surface area contributed by atoms with Crippen molar-refractivity contribution < 1.29 is 19.1 Å². The molecule has 0 aliphatic carbocycles. The maximum atomic E-state index is 13.7. The van der Waals surface area contributed by atoms with Crippen LogP contribution in [0.15, 0.2) is 89.7 Å². The van der Waals surface area contributed by atoms with Crippen molar-refractivity contribution in [1.29, 1.82) is 0 Å². The van der Waals surface area contributed by atoms with Crippen LogP contribution in [0.5, 0.6) is 17.2 Å². The van der Waals surface area contributed by atoms with Crippen molar-refractivity contribution in [3.05, 3.63) is 123 Å². The van der Waals surface area contributed by atoms with Crippen LogP contribution in [0.25, 0.3) is 0 Å². The van der Waals surface area contributed by atoms with Gasteiger partial charge in [-0.1, -0.05) is 36.4 Å². The molecule has 41 heavy (non-hydrogen) atoms. The van der Waals surface area contributed by atoms with Crippen LogP contribution in [0.4, 0.5) is 0 Å². The number of H-pyrrole nitrogens is 1. The molecule has 4 aliphatic rings. The van der Waals surface area contributed by atoms with Crippen molar-refractivity contribution in [2.45, 2.75) is 31.7 Å². The first kappa shape index (κ1) is 26.4. The standard InChI is InChI=1S/C33H31N3O5/c37-30-15-10-22-8-11-25(12-9-22)41-27-13-14-28-23(20-27)16-18-36(33(39)29-6-2-7-31(38)35-29)32(28)24-4-1-5-26(21-24)40-19-3-17-34-30/h1-2,4-9,11-14,20-21,32H,3,10,15-19H2,(H,34,37)(H,35,38). The second-order valence-corrected chi connectivity index (χ2v) is 10.3. The van der Waals surface area contributed by atoms with E-state index in [1.807, 2.05) is 66.7 Å². The first-order chi connectivity index (χ1) is 20.0. The Kier molecular flexibility index (Phi) is 7.54. The van der Waals surface area contributed by atoms with Crippen molar-refractivity contribution in [2.24, 2.45) is 0 Å². The minimum atomic E-state index is -0.389. The molecule has 4 aromatic rings. The Hall–Kier alpha value is -4.85. The van der Waals surface area contributed by atoms with Crippen LogP contribution in [-0.2, 0) is 17.6 Å². The molecular formula is C33H31N3O5. The summed E-state index contributed by atoms with van der Waals surface area (Å²) in [6.07, 6.45) is 2.38. The predicted molar refractivity (Wildman–Crippen MR) is 154 cm³/mol. The quantitative estimate of drug-likeness (QED) is 0.356. The Morgan fingerprint density at radius 3 is 2.51 bits per heavy atom. The number of aryl methyl sites for hydroxylation is 1. The van der Waals surface area contributed by atoms with Crippen molar-refractivity contribution in [2.75, 3.05) is 19.7 Å². The van der Waals surface area contributed by atoms with E-state index in [1.165, 1.54) is 6.07 Å². The minimum Gasteiger partial charge on any atom is -0.494 e. The van der Waals surface area contributed by atoms with Crippen LogP contribution >= 0.6 is 0 Å². The normalized spacial score (nSPS) is 17.1. The maximum Gasteiger partial charge on any atom is 0.271 e. The summed E-state index contributed by atoms with van der Waals surface area (Å²) in [5.41, 5.74) is 3.99. The third kappa shape index (κ3) is 6.01. The van der Waals surface area contributed by atoms with Crippen LogP contribution in [0.2, 0.25) is 0 Å². The molecule has 8 nitrogen and oxygen atoms in total. The third-order valence-electron chi connectivity index (χ3n) is 7.49. The second kappa shape index (κ2) is 11.7. The van der Waals surface area contributed by atoms with Gasteiger partial charge < -0.3 is 24.7 Å². The molecule has 8 heteroatoms. The smallest absolute Gasteiger partial charge is 0.271 e. The van der Waals surface area contributed by atoms with Crippen molar-refractivity contribution >= 4 is 11.8 Å². The van der Waals surface area contributed by atoms with Crippen molar-refractivity contribution in [3.8, 4) is 17.2 Å². The van der Waals surface area contributed by atoms with Crippen LogP contribution in [0.1, 0.15) is 51.6 Å². The van der Waals surface area contributed by atoms with Gasteiger partial charge in [0.2, 0.25) is 11.5 Å². The lowest BCUT2D eigenvalue weighted by molar-refractivity contribution is -0.121. The SMILES string of the molecule is O=C1CCc2ccc(cc2)Oc2ccc3c(c2)CCN(C(=O)c2cccc(=O)[nH]2)C3c2cccc(c2)OCCCN1. The minimum absolute atomic E-state index is 0.0105. The van der Waals surface area contributed by atoms with Gasteiger partial charge in [-0.15, -0.1) is 0 Å². The van der Waals surface area contributed by atoms with E-state index >= 15 is 0 Å². The van der Waals surface area contributed by atoms with E-state index in [2.05, 4.69) is 10.3 Å². The fourth-order valence-corrected chi connectivity index (χ4v) is 5.44. The average molecular weight is 550 g/mol. The molecule has 2 amide bonds. The van der Waals surface area contributed by atoms with Gasteiger partial charge in [0.1, 0.15) is 22.9 Å². The number of hydrogen-bond acceptors (Lipinski definition) is 5. The molecule has 208 valence electrons. The summed E-state index contributed by atoms with van der Waals surface area (Å²) in [6.45, 7) is 1.44. The fourth-order valence-electron chi connectivity index (χ4n) is 5.44. The fraction of sp³-hybridized carbons (Fsp3) is 0.242. The molecule has 2 N–H and O–H groups in total. The monoisotopic (exact) mass is 549 g/mol. The van der Waals surface area contributed by atoms with Gasteiger partial charge in [0, 0.05) is 25.6 Å². The zero-order valence-electron chi connectivity index (χ0n) is 22.6. The lowest BCUT2D eigenvalue weighted by atomic mass is 9.87. The van der Waals surface area contributed by atoms with Crippen LogP contribution < -0.4 is 20.3 Å². The van der Waals surface area contributed by atoms with Crippen LogP contribution in [0, 0.1) is 0 Å². The van der Waals surface area contributed by atoms with Gasteiger partial charge in [0.25, 0.3) is 5.91 Å². The largest absolute Gasteiger partial charge is 0.494 e. The number of carbonyl (C=O) groups is 2. The van der Waals surface area contributed by atoms with Gasteiger partial charge in [-0.05, 0) is 84.0 Å². The zero-order chi connectivity index (χ0) is 28.2. The molecule has 4 aliphatic heterocycles. The van der Waals surface area contributed by atoms with E-state index in [1.54, 1.807) is 17.0 Å². The van der Waals surface area contributed by atoms with Gasteiger partial charge in [-0.25, -0.2) is 0 Å². The molecule has 1 atom stereocenters. The van der Waals surface area contributed by atoms with Crippen LogP contribution in [0.3, 0.4) is 0 Å². The van der Waals surface area contributed by atoms with Gasteiger partial charge >= 0.3 is 0 Å². The van der Waals surface area contributed by atoms with Crippen molar-refractivity contribution in [3.63, 3.8) is 0 Å². The van der Waals surface area contributed by atoms with E-state index in [0.29, 0.717) is 62.6 Å². The highest BCUT2D eigenvalue weighted by Gasteiger charge is 2.33. The number of ether oxygens (including phenoxy) is 2. The molecular weight excluding hydrogens is 518 g/mol. The first-order valence-electron chi connectivity index (χ1n) is 13.9. The number of aromatic nitrogens is 1. The highest BCUT2D eigenvalue weighted by atomic mass is 16.5. The molecule has 8 rings (SSSR count). The summed E-state index contributed by atoms with van der Waals surface area (Å²) >= 11 is 0. The predicted octanol–water partition coefficient (Wildman–Crippen LogP) is 4.79. The summed E-state index contributed by atoms with van der Waals surface area (Å²) in [6, 6.07) is 25.8. The number of carbonyl (C=O) groups excluding carboxylic acids is 2. The molecule has 1 aromatic heterocycles. The lowest BCUT2D eigenvalue weighted by Crippen LogP contribution is -2.41. The summed E-state index contributed by atoms with van der Waals surface area (Å²) < 4.78 is 12.2. The topological polar surface area (TPSA) is 101 Å². The van der Waals surface area contributed by atoms with E-state index in [9.17, 15) is 14.4 Å². The van der Waals surface area contributed by atoms with Gasteiger partial charge in [0.15, 0.2) is 0 Å². The number of nitrogens with zero attached hydrogens (tertiary/aromatic N) is 1. The third-order valence-corrected chi connectivity index (χ3v) is 7.49. The number of rotatable bonds is 1. The molecule has 0 radical (unpaired) electrons. The Morgan fingerprint density at radius 2 is 1.66 bits per heavy atom. The summed E-state index contributed by atoms with van der Waals surface area (Å²) in [7, 11) is 0. The maximum absolute atomic E-state index is 13.7. The molecule has 0 fully saturated rings. The second-order valence-electron chi connectivity index (χ2n) is 10.3. The highest BCUT2D eigenvalue weighted by Crippen LogP contribution is 2.39. The van der Waals surface area contributed by atoms with Gasteiger partial charge in [0.05, 0.1) is 12.6 Å². The number of amides is 2.